The van der Waals surface area contributed by atoms with Crippen molar-refractivity contribution in [3.63, 3.8) is 0 Å². The normalized spacial score (nSPS) is 11.7. The number of fused-ring (bicyclic) bond motifs is 20. The summed E-state index contributed by atoms with van der Waals surface area (Å²) in [5.41, 5.74) is 6.45. The molecule has 7 aromatic rings. The molecule has 2 aliphatic rings. The van der Waals surface area contributed by atoms with E-state index in [-0.39, 0.29) is 17.1 Å². The average molecular weight is 578 g/mol. The van der Waals surface area contributed by atoms with Gasteiger partial charge < -0.3 is 9.97 Å². The molecule has 5 heterocycles. The van der Waals surface area contributed by atoms with Gasteiger partial charge in [-0.25, -0.2) is 29.9 Å². The number of hydrogen-bond acceptors (Lipinski definition) is 6. The van der Waals surface area contributed by atoms with E-state index >= 15 is 0 Å². The number of nitrogens with zero attached hydrogens (tertiary/aromatic N) is 6. The zero-order valence-corrected chi connectivity index (χ0v) is 22.2. The van der Waals surface area contributed by atoms with Crippen molar-refractivity contribution >= 4 is 44.1 Å². The van der Waals surface area contributed by atoms with Gasteiger partial charge in [0.1, 0.15) is 22.6 Å². The molecule has 0 atom stereocenters. The maximum absolute atomic E-state index is 5.02. The Morgan fingerprint density at radius 3 is 0.829 bits per heavy atom. The Hall–Kier alpha value is -5.24. The zero-order valence-electron chi connectivity index (χ0n) is 21.2. The summed E-state index contributed by atoms with van der Waals surface area (Å²) in [5, 5.41) is 3.82. The predicted molar refractivity (Wildman–Crippen MR) is 156 cm³/mol. The summed E-state index contributed by atoms with van der Waals surface area (Å²) in [6.07, 6.45) is 0. The first-order valence-electron chi connectivity index (χ1n) is 13.0. The Bertz CT molecular complexity index is 2030. The molecule has 4 aromatic carbocycles. The molecule has 0 amide bonds. The van der Waals surface area contributed by atoms with Crippen molar-refractivity contribution in [1.29, 1.82) is 0 Å². The summed E-state index contributed by atoms with van der Waals surface area (Å²) < 4.78 is 0. The van der Waals surface area contributed by atoms with Crippen molar-refractivity contribution in [1.82, 2.24) is 39.9 Å². The molecule has 0 fully saturated rings. The molecular weight excluding hydrogens is 560 g/mol. The third kappa shape index (κ3) is 3.53. The van der Waals surface area contributed by atoms with Gasteiger partial charge in [0.25, 0.3) is 0 Å². The van der Waals surface area contributed by atoms with Crippen LogP contribution < -0.4 is 0 Å². The van der Waals surface area contributed by atoms with Crippen LogP contribution in [-0.4, -0.2) is 39.9 Å². The molecule has 0 saturated heterocycles. The number of nitrogens with one attached hydrogen (secondary N) is 2. The summed E-state index contributed by atoms with van der Waals surface area (Å²) in [7, 11) is 0. The van der Waals surface area contributed by atoms with Gasteiger partial charge in [-0.2, -0.15) is 0 Å². The zero-order chi connectivity index (χ0) is 26.2. The number of benzene rings is 4. The monoisotopic (exact) mass is 577 g/mol. The van der Waals surface area contributed by atoms with Crippen LogP contribution in [0.5, 0.6) is 0 Å². The Morgan fingerprint density at radius 2 is 0.561 bits per heavy atom. The van der Waals surface area contributed by atoms with Crippen molar-refractivity contribution < 1.29 is 17.1 Å². The second-order valence-electron chi connectivity index (χ2n) is 9.79. The van der Waals surface area contributed by atoms with E-state index in [0.717, 1.165) is 43.8 Å². The van der Waals surface area contributed by atoms with E-state index in [0.29, 0.717) is 45.9 Å². The predicted octanol–water partition coefficient (Wildman–Crippen LogP) is 6.87. The van der Waals surface area contributed by atoms with Gasteiger partial charge in [-0.3, -0.25) is 0 Å². The number of aromatic amines is 2. The fourth-order valence-corrected chi connectivity index (χ4v) is 5.59. The van der Waals surface area contributed by atoms with E-state index in [9.17, 15) is 0 Å². The minimum Gasteiger partial charge on any atom is -0.324 e. The van der Waals surface area contributed by atoms with E-state index in [1.54, 1.807) is 0 Å². The number of H-pyrrole nitrogens is 2. The van der Waals surface area contributed by atoms with E-state index in [1.165, 1.54) is 0 Å². The molecule has 0 spiro atoms. The van der Waals surface area contributed by atoms with Gasteiger partial charge in [0.2, 0.25) is 0 Å². The Kier molecular flexibility index (Phi) is 5.12. The summed E-state index contributed by atoms with van der Waals surface area (Å²) >= 11 is 0. The van der Waals surface area contributed by atoms with Crippen molar-refractivity contribution in [2.75, 3.05) is 0 Å². The van der Waals surface area contributed by atoms with Crippen molar-refractivity contribution in [2.45, 2.75) is 0 Å². The minimum atomic E-state index is 0. The maximum Gasteiger partial charge on any atom is 1.00 e. The summed E-state index contributed by atoms with van der Waals surface area (Å²) in [5.74, 6) is 2.39. The van der Waals surface area contributed by atoms with E-state index in [1.807, 2.05) is 97.1 Å². The van der Waals surface area contributed by atoms with E-state index in [4.69, 9.17) is 29.9 Å². The van der Waals surface area contributed by atoms with Crippen molar-refractivity contribution in [2.24, 2.45) is 0 Å². The van der Waals surface area contributed by atoms with Crippen molar-refractivity contribution in [3.05, 3.63) is 97.1 Å². The largest absolute Gasteiger partial charge is 1.00 e. The van der Waals surface area contributed by atoms with Gasteiger partial charge in [-0.1, -0.05) is 97.1 Å². The van der Waals surface area contributed by atoms with E-state index < -0.39 is 0 Å². The van der Waals surface area contributed by atoms with Crippen LogP contribution in [0.2, 0.25) is 0 Å². The topological polar surface area (TPSA) is 109 Å². The van der Waals surface area contributed by atoms with Crippen LogP contribution in [0.25, 0.3) is 89.7 Å². The molecule has 0 unspecified atom stereocenters. The second-order valence-corrected chi connectivity index (χ2v) is 9.79. The van der Waals surface area contributed by atoms with Crippen LogP contribution in [0.3, 0.4) is 0 Å². The molecular formula is C32H18CuN8+. The molecule has 8 nitrogen and oxygen atoms in total. The van der Waals surface area contributed by atoms with Gasteiger partial charge in [0.15, 0.2) is 23.3 Å². The Morgan fingerprint density at radius 1 is 0.317 bits per heavy atom. The third-order valence-electron chi connectivity index (χ3n) is 7.46. The molecule has 0 aliphatic carbocycles. The summed E-state index contributed by atoms with van der Waals surface area (Å²) in [6.45, 7) is 0. The first kappa shape index (κ1) is 23.6. The van der Waals surface area contributed by atoms with Crippen LogP contribution in [0, 0.1) is 0 Å². The van der Waals surface area contributed by atoms with Crippen LogP contribution in [0.15, 0.2) is 97.1 Å². The number of rotatable bonds is 0. The maximum atomic E-state index is 5.02. The van der Waals surface area contributed by atoms with Crippen LogP contribution in [0.4, 0.5) is 0 Å². The van der Waals surface area contributed by atoms with Crippen molar-refractivity contribution in [3.8, 4) is 45.6 Å². The molecule has 0 saturated carbocycles. The van der Waals surface area contributed by atoms with E-state index in [2.05, 4.69) is 9.97 Å². The molecule has 2 aliphatic heterocycles. The molecule has 8 bridgehead atoms. The minimum absolute atomic E-state index is 0. The Balaban J connectivity index is 0.00000256. The quantitative estimate of drug-likeness (QED) is 0.190. The average Bonchev–Trinajstić information content (AvgIpc) is 3.73. The summed E-state index contributed by atoms with van der Waals surface area (Å²) in [6, 6.07) is 32.2. The van der Waals surface area contributed by atoms with Gasteiger partial charge in [-0.15, -0.1) is 0 Å². The van der Waals surface area contributed by atoms with Crippen LogP contribution in [-0.2, 0) is 17.1 Å². The summed E-state index contributed by atoms with van der Waals surface area (Å²) in [4.78, 5) is 36.8. The Labute approximate surface area is 243 Å². The molecule has 196 valence electrons. The SMILES string of the molecule is [Cu+].c1ccc2c(c1)-c1nc-2nc2[nH]c(nc3nc(nc4[nH]c(n1)c1ccccc41)-c1ccccc1-3)c1ccccc21. The molecule has 41 heavy (non-hydrogen) atoms. The smallest absolute Gasteiger partial charge is 0.324 e. The second kappa shape index (κ2) is 8.89. The number of hydrogen-bond donors (Lipinski definition) is 2. The third-order valence-corrected chi connectivity index (χ3v) is 7.46. The molecule has 9 heteroatoms. The molecule has 2 N–H and O–H groups in total. The van der Waals surface area contributed by atoms with Gasteiger partial charge in [0.05, 0.1) is 0 Å². The van der Waals surface area contributed by atoms with Gasteiger partial charge in [-0.05, 0) is 0 Å². The first-order chi connectivity index (χ1) is 19.8. The molecule has 0 radical (unpaired) electrons. The number of aromatic nitrogens is 8. The van der Waals surface area contributed by atoms with Crippen LogP contribution in [0.1, 0.15) is 0 Å². The molecule has 9 rings (SSSR count). The van der Waals surface area contributed by atoms with Crippen LogP contribution >= 0.6 is 0 Å². The first-order valence-corrected chi connectivity index (χ1v) is 13.0. The van der Waals surface area contributed by atoms with Gasteiger partial charge in [0, 0.05) is 43.8 Å². The fraction of sp³-hybridized carbons (Fsp3) is 0. The van der Waals surface area contributed by atoms with Gasteiger partial charge >= 0.3 is 17.1 Å². The standard InChI is InChI=1S/C32H18N8.Cu/c1-2-10-18-17(9-1)25-33-26(18)38-28-21-13-5-6-14-22(21)30(35-28)40-32-24-16-8-7-15-23(24)31(36-32)39-29-20-12-4-3-11-19(20)27(34-29)37-25;/h1-16H,(H2,33,34,35,36,37,38,39,40);/q;+1. The molecule has 3 aromatic heterocycles. The fourth-order valence-electron chi connectivity index (χ4n) is 5.59.